The molecule has 1 saturated heterocycles. The summed E-state index contributed by atoms with van der Waals surface area (Å²) < 4.78 is 7.35. The van der Waals surface area contributed by atoms with Gasteiger partial charge in [-0.2, -0.15) is 0 Å². The van der Waals surface area contributed by atoms with Crippen molar-refractivity contribution < 1.29 is 9.53 Å². The van der Waals surface area contributed by atoms with Crippen LogP contribution < -0.4 is 5.32 Å². The molecule has 1 aromatic carbocycles. The maximum Gasteiger partial charge on any atom is 0.227 e. The van der Waals surface area contributed by atoms with Gasteiger partial charge in [0, 0.05) is 42.8 Å². The summed E-state index contributed by atoms with van der Waals surface area (Å²) >= 11 is 0. The molecule has 25 heavy (non-hydrogen) atoms. The Kier molecular flexibility index (Phi) is 4.24. The molecule has 3 heterocycles. The van der Waals surface area contributed by atoms with E-state index < -0.39 is 0 Å². The molecule has 1 aliphatic heterocycles. The summed E-state index contributed by atoms with van der Waals surface area (Å²) in [6.45, 7) is 3.38. The Morgan fingerprint density at radius 2 is 2.08 bits per heavy atom. The number of nitrogens with zero attached hydrogens (tertiary/aromatic N) is 2. The molecule has 0 atom stereocenters. The first-order valence-corrected chi connectivity index (χ1v) is 8.64. The Morgan fingerprint density at radius 3 is 2.88 bits per heavy atom. The lowest BCUT2D eigenvalue weighted by Crippen LogP contribution is -2.28. The number of benzene rings is 1. The minimum atomic E-state index is 0.0373. The summed E-state index contributed by atoms with van der Waals surface area (Å²) in [6, 6.07) is 11.9. The molecule has 0 unspecified atom stereocenters. The van der Waals surface area contributed by atoms with Crippen LogP contribution in [0.1, 0.15) is 18.4 Å². The van der Waals surface area contributed by atoms with Crippen molar-refractivity contribution in [2.45, 2.75) is 19.8 Å². The molecule has 1 aliphatic rings. The van der Waals surface area contributed by atoms with Gasteiger partial charge in [0.1, 0.15) is 5.65 Å². The van der Waals surface area contributed by atoms with E-state index in [-0.39, 0.29) is 11.8 Å². The van der Waals surface area contributed by atoms with Gasteiger partial charge in [-0.15, -0.1) is 0 Å². The van der Waals surface area contributed by atoms with Crippen LogP contribution in [0.15, 0.2) is 48.8 Å². The summed E-state index contributed by atoms with van der Waals surface area (Å²) in [5, 5.41) is 3.04. The van der Waals surface area contributed by atoms with E-state index in [1.54, 1.807) is 0 Å². The Labute approximate surface area is 146 Å². The molecule has 0 spiro atoms. The van der Waals surface area contributed by atoms with Crippen LogP contribution in [0.4, 0.5) is 5.69 Å². The van der Waals surface area contributed by atoms with E-state index >= 15 is 0 Å². The van der Waals surface area contributed by atoms with E-state index in [0.717, 1.165) is 41.0 Å². The van der Waals surface area contributed by atoms with Gasteiger partial charge in [0.2, 0.25) is 5.91 Å². The van der Waals surface area contributed by atoms with Gasteiger partial charge >= 0.3 is 0 Å². The number of carbonyl (C=O) groups excluding carboxylic acids is 1. The van der Waals surface area contributed by atoms with E-state index in [0.29, 0.717) is 13.2 Å². The Hall–Kier alpha value is -2.66. The maximum absolute atomic E-state index is 12.4. The van der Waals surface area contributed by atoms with Crippen LogP contribution in [0.3, 0.4) is 0 Å². The molecule has 4 rings (SSSR count). The van der Waals surface area contributed by atoms with Crippen LogP contribution in [0, 0.1) is 12.8 Å². The lowest BCUT2D eigenvalue weighted by Gasteiger charge is -2.21. The van der Waals surface area contributed by atoms with Crippen LogP contribution in [0.5, 0.6) is 0 Å². The van der Waals surface area contributed by atoms with Crippen molar-refractivity contribution in [2.24, 2.45) is 5.92 Å². The summed E-state index contributed by atoms with van der Waals surface area (Å²) in [6.07, 6.45) is 5.59. The van der Waals surface area contributed by atoms with Crippen molar-refractivity contribution >= 4 is 17.2 Å². The van der Waals surface area contributed by atoms with Crippen LogP contribution in [-0.4, -0.2) is 28.5 Å². The predicted molar refractivity (Wildman–Crippen MR) is 97.5 cm³/mol. The van der Waals surface area contributed by atoms with Crippen LogP contribution >= 0.6 is 0 Å². The fourth-order valence-corrected chi connectivity index (χ4v) is 3.25. The molecule has 1 fully saturated rings. The van der Waals surface area contributed by atoms with E-state index in [1.165, 1.54) is 0 Å². The third-order valence-electron chi connectivity index (χ3n) is 4.70. The first-order valence-electron chi connectivity index (χ1n) is 8.64. The highest BCUT2D eigenvalue weighted by molar-refractivity contribution is 5.93. The fraction of sp³-hybridized carbons (Fsp3) is 0.300. The van der Waals surface area contributed by atoms with Gasteiger partial charge in [0.05, 0.1) is 5.69 Å². The van der Waals surface area contributed by atoms with Gasteiger partial charge in [-0.25, -0.2) is 4.98 Å². The Balaban J connectivity index is 1.58. The van der Waals surface area contributed by atoms with Crippen molar-refractivity contribution in [3.63, 3.8) is 0 Å². The summed E-state index contributed by atoms with van der Waals surface area (Å²) in [5.74, 6) is 0.113. The molecule has 3 aromatic rings. The van der Waals surface area contributed by atoms with Gasteiger partial charge in [-0.05, 0) is 43.5 Å². The van der Waals surface area contributed by atoms with Crippen molar-refractivity contribution in [3.05, 3.63) is 54.4 Å². The van der Waals surface area contributed by atoms with E-state index in [2.05, 4.69) is 18.3 Å². The highest BCUT2D eigenvalue weighted by Crippen LogP contribution is 2.24. The number of imidazole rings is 1. The standard InChI is InChI=1S/C20H21N3O2/c1-14-4-3-9-23-13-18(22-19(14)23)16-5-2-6-17(12-16)21-20(24)15-7-10-25-11-8-15/h2-6,9,12-13,15H,7-8,10-11H2,1H3,(H,21,24). The minimum Gasteiger partial charge on any atom is -0.381 e. The van der Waals surface area contributed by atoms with Crippen LogP contribution in [0.25, 0.3) is 16.9 Å². The first kappa shape index (κ1) is 15.8. The Bertz CT molecular complexity index is 910. The molecule has 0 aliphatic carbocycles. The number of fused-ring (bicyclic) bond motifs is 1. The number of hydrogen-bond donors (Lipinski definition) is 1. The molecular formula is C20H21N3O2. The lowest BCUT2D eigenvalue weighted by atomic mass is 9.99. The molecular weight excluding hydrogens is 314 g/mol. The van der Waals surface area contributed by atoms with E-state index in [9.17, 15) is 4.79 Å². The molecule has 2 aromatic heterocycles. The second-order valence-electron chi connectivity index (χ2n) is 6.50. The molecule has 1 N–H and O–H groups in total. The van der Waals surface area contributed by atoms with Gasteiger partial charge < -0.3 is 14.5 Å². The highest BCUT2D eigenvalue weighted by Gasteiger charge is 2.21. The summed E-state index contributed by atoms with van der Waals surface area (Å²) in [5.41, 5.74) is 4.79. The van der Waals surface area contributed by atoms with Gasteiger partial charge in [-0.3, -0.25) is 4.79 Å². The average molecular weight is 335 g/mol. The third kappa shape index (κ3) is 3.28. The zero-order chi connectivity index (χ0) is 17.2. The number of ether oxygens (including phenoxy) is 1. The second-order valence-corrected chi connectivity index (χ2v) is 6.50. The topological polar surface area (TPSA) is 55.6 Å². The predicted octanol–water partition coefficient (Wildman–Crippen LogP) is 3.67. The molecule has 0 bridgehead atoms. The fourth-order valence-electron chi connectivity index (χ4n) is 3.25. The summed E-state index contributed by atoms with van der Waals surface area (Å²) in [7, 11) is 0. The number of hydrogen-bond acceptors (Lipinski definition) is 3. The van der Waals surface area contributed by atoms with Crippen molar-refractivity contribution in [1.29, 1.82) is 0 Å². The minimum absolute atomic E-state index is 0.0373. The number of anilines is 1. The van der Waals surface area contributed by atoms with Crippen molar-refractivity contribution in [3.8, 4) is 11.3 Å². The number of carbonyl (C=O) groups is 1. The largest absolute Gasteiger partial charge is 0.381 e. The molecule has 0 saturated carbocycles. The number of amides is 1. The lowest BCUT2D eigenvalue weighted by molar-refractivity contribution is -0.122. The zero-order valence-corrected chi connectivity index (χ0v) is 14.2. The molecule has 5 heteroatoms. The molecule has 128 valence electrons. The van der Waals surface area contributed by atoms with Crippen molar-refractivity contribution in [1.82, 2.24) is 9.38 Å². The van der Waals surface area contributed by atoms with Gasteiger partial charge in [-0.1, -0.05) is 18.2 Å². The SMILES string of the molecule is Cc1cccn2cc(-c3cccc(NC(=O)C4CCOCC4)c3)nc12. The third-order valence-corrected chi connectivity index (χ3v) is 4.70. The number of nitrogens with one attached hydrogen (secondary N) is 1. The van der Waals surface area contributed by atoms with Gasteiger partial charge in [0.15, 0.2) is 0 Å². The monoisotopic (exact) mass is 335 g/mol. The average Bonchev–Trinajstić information content (AvgIpc) is 3.08. The van der Waals surface area contributed by atoms with Crippen LogP contribution in [0.2, 0.25) is 0 Å². The summed E-state index contributed by atoms with van der Waals surface area (Å²) in [4.78, 5) is 17.1. The number of pyridine rings is 1. The first-order chi connectivity index (χ1) is 12.2. The number of rotatable bonds is 3. The number of aryl methyl sites for hydroxylation is 1. The maximum atomic E-state index is 12.4. The number of aromatic nitrogens is 2. The molecule has 0 radical (unpaired) electrons. The highest BCUT2D eigenvalue weighted by atomic mass is 16.5. The Morgan fingerprint density at radius 1 is 1.24 bits per heavy atom. The second kappa shape index (κ2) is 6.69. The normalized spacial score (nSPS) is 15.4. The smallest absolute Gasteiger partial charge is 0.227 e. The van der Waals surface area contributed by atoms with Crippen LogP contribution in [-0.2, 0) is 9.53 Å². The zero-order valence-electron chi connectivity index (χ0n) is 14.2. The van der Waals surface area contributed by atoms with E-state index in [4.69, 9.17) is 9.72 Å². The quantitative estimate of drug-likeness (QED) is 0.794. The molecule has 5 nitrogen and oxygen atoms in total. The van der Waals surface area contributed by atoms with Crippen molar-refractivity contribution in [2.75, 3.05) is 18.5 Å². The molecule has 1 amide bonds. The van der Waals surface area contributed by atoms with E-state index in [1.807, 2.05) is 47.1 Å². The van der Waals surface area contributed by atoms with Gasteiger partial charge in [0.25, 0.3) is 0 Å².